The van der Waals surface area contributed by atoms with Gasteiger partial charge in [-0.2, -0.15) is 0 Å². The molecule has 0 radical (unpaired) electrons. The SMILES string of the molecule is COC(=O)c1ccccc1C(=O)NC(CO)C(=O)O. The second-order valence-electron chi connectivity index (χ2n) is 3.58. The summed E-state index contributed by atoms with van der Waals surface area (Å²) >= 11 is 0. The molecule has 0 bridgehead atoms. The highest BCUT2D eigenvalue weighted by Gasteiger charge is 2.22. The number of carbonyl (C=O) groups is 3. The van der Waals surface area contributed by atoms with Crippen LogP contribution in [0.4, 0.5) is 0 Å². The molecule has 0 fully saturated rings. The second-order valence-corrected chi connectivity index (χ2v) is 3.58. The number of aliphatic hydroxyl groups excluding tert-OH is 1. The van der Waals surface area contributed by atoms with Crippen molar-refractivity contribution in [3.8, 4) is 0 Å². The van der Waals surface area contributed by atoms with Crippen LogP contribution in [-0.2, 0) is 9.53 Å². The Labute approximate surface area is 108 Å². The third kappa shape index (κ3) is 3.52. The standard InChI is InChI=1S/C12H13NO6/c1-19-12(18)8-5-3-2-4-7(8)10(15)13-9(6-14)11(16)17/h2-5,9,14H,6H2,1H3,(H,13,15)(H,16,17). The molecule has 19 heavy (non-hydrogen) atoms. The molecule has 0 heterocycles. The van der Waals surface area contributed by atoms with Gasteiger partial charge in [-0.05, 0) is 12.1 Å². The summed E-state index contributed by atoms with van der Waals surface area (Å²) in [6.07, 6.45) is 0. The Bertz CT molecular complexity index is 499. The van der Waals surface area contributed by atoms with Crippen molar-refractivity contribution in [3.63, 3.8) is 0 Å². The van der Waals surface area contributed by atoms with Crippen LogP contribution in [0.15, 0.2) is 24.3 Å². The van der Waals surface area contributed by atoms with E-state index >= 15 is 0 Å². The van der Waals surface area contributed by atoms with E-state index in [0.29, 0.717) is 0 Å². The molecule has 0 saturated heterocycles. The maximum Gasteiger partial charge on any atom is 0.338 e. The van der Waals surface area contributed by atoms with Crippen LogP contribution in [0.25, 0.3) is 0 Å². The lowest BCUT2D eigenvalue weighted by Crippen LogP contribution is -2.43. The molecule has 1 aromatic carbocycles. The van der Waals surface area contributed by atoms with Crippen LogP contribution >= 0.6 is 0 Å². The van der Waals surface area contributed by atoms with Crippen molar-refractivity contribution >= 4 is 17.8 Å². The summed E-state index contributed by atoms with van der Waals surface area (Å²) in [5.74, 6) is -2.85. The molecule has 102 valence electrons. The predicted molar refractivity (Wildman–Crippen MR) is 63.8 cm³/mol. The minimum absolute atomic E-state index is 0.0181. The van der Waals surface area contributed by atoms with Crippen LogP contribution in [0, 0.1) is 0 Å². The van der Waals surface area contributed by atoms with Gasteiger partial charge in [0.1, 0.15) is 0 Å². The van der Waals surface area contributed by atoms with Gasteiger partial charge in [-0.15, -0.1) is 0 Å². The zero-order chi connectivity index (χ0) is 14.4. The first-order chi connectivity index (χ1) is 9.01. The molecule has 7 nitrogen and oxygen atoms in total. The van der Waals surface area contributed by atoms with E-state index < -0.39 is 30.5 Å². The fourth-order valence-electron chi connectivity index (χ4n) is 1.39. The molecule has 1 unspecified atom stereocenters. The highest BCUT2D eigenvalue weighted by atomic mass is 16.5. The van der Waals surface area contributed by atoms with E-state index in [0.717, 1.165) is 0 Å². The van der Waals surface area contributed by atoms with E-state index in [1.54, 1.807) is 6.07 Å². The van der Waals surface area contributed by atoms with Gasteiger partial charge >= 0.3 is 11.9 Å². The molecule has 3 N–H and O–H groups in total. The highest BCUT2D eigenvalue weighted by molar-refractivity contribution is 6.06. The Kier molecular flexibility index (Phi) is 5.01. The zero-order valence-corrected chi connectivity index (χ0v) is 10.1. The lowest BCUT2D eigenvalue weighted by atomic mass is 10.1. The number of carboxylic acid groups (broad SMARTS) is 1. The van der Waals surface area contributed by atoms with Crippen molar-refractivity contribution in [2.75, 3.05) is 13.7 Å². The largest absolute Gasteiger partial charge is 0.480 e. The van der Waals surface area contributed by atoms with Gasteiger partial charge in [0, 0.05) is 0 Å². The Balaban J connectivity index is 3.00. The molecule has 0 aliphatic heterocycles. The van der Waals surface area contributed by atoms with Crippen LogP contribution in [0.5, 0.6) is 0 Å². The predicted octanol–water partition coefficient (Wildman–Crippen LogP) is -0.352. The van der Waals surface area contributed by atoms with E-state index in [-0.39, 0.29) is 11.1 Å². The molecule has 0 saturated carbocycles. The second kappa shape index (κ2) is 6.50. The summed E-state index contributed by atoms with van der Waals surface area (Å²) in [6, 6.07) is 4.38. The molecular formula is C12H13NO6. The van der Waals surface area contributed by atoms with Crippen molar-refractivity contribution in [2.24, 2.45) is 0 Å². The van der Waals surface area contributed by atoms with E-state index in [2.05, 4.69) is 10.1 Å². The maximum atomic E-state index is 11.9. The average molecular weight is 267 g/mol. The van der Waals surface area contributed by atoms with Gasteiger partial charge in [0.05, 0.1) is 24.8 Å². The summed E-state index contributed by atoms with van der Waals surface area (Å²) in [6.45, 7) is -0.749. The van der Waals surface area contributed by atoms with Crippen molar-refractivity contribution < 1.29 is 29.3 Å². The minimum Gasteiger partial charge on any atom is -0.480 e. The summed E-state index contributed by atoms with van der Waals surface area (Å²) in [4.78, 5) is 34.0. The van der Waals surface area contributed by atoms with Gasteiger partial charge < -0.3 is 20.3 Å². The lowest BCUT2D eigenvalue weighted by molar-refractivity contribution is -0.140. The van der Waals surface area contributed by atoms with Gasteiger partial charge in [0.15, 0.2) is 6.04 Å². The maximum absolute atomic E-state index is 11.9. The van der Waals surface area contributed by atoms with Gasteiger partial charge in [-0.25, -0.2) is 9.59 Å². The summed E-state index contributed by atoms with van der Waals surface area (Å²) < 4.78 is 4.52. The van der Waals surface area contributed by atoms with E-state index in [1.165, 1.54) is 25.3 Å². The van der Waals surface area contributed by atoms with E-state index in [4.69, 9.17) is 10.2 Å². The number of amides is 1. The van der Waals surface area contributed by atoms with Gasteiger partial charge in [0.25, 0.3) is 5.91 Å². The Hall–Kier alpha value is -2.41. The number of hydrogen-bond donors (Lipinski definition) is 3. The molecule has 7 heteroatoms. The molecule has 0 aliphatic carbocycles. The number of carbonyl (C=O) groups excluding carboxylic acids is 2. The van der Waals surface area contributed by atoms with Crippen molar-refractivity contribution in [2.45, 2.75) is 6.04 Å². The number of carboxylic acids is 1. The smallest absolute Gasteiger partial charge is 0.338 e. The normalized spacial score (nSPS) is 11.5. The number of ether oxygens (including phenoxy) is 1. The van der Waals surface area contributed by atoms with Crippen LogP contribution in [0.2, 0.25) is 0 Å². The Morgan fingerprint density at radius 2 is 1.84 bits per heavy atom. The van der Waals surface area contributed by atoms with E-state index in [1.807, 2.05) is 0 Å². The molecule has 1 aromatic rings. The van der Waals surface area contributed by atoms with Crippen LogP contribution in [-0.4, -0.2) is 47.8 Å². The molecule has 0 aliphatic rings. The molecule has 1 rings (SSSR count). The number of aliphatic hydroxyl groups is 1. The summed E-state index contributed by atoms with van der Waals surface area (Å²) in [7, 11) is 1.17. The Morgan fingerprint density at radius 1 is 1.26 bits per heavy atom. The van der Waals surface area contributed by atoms with E-state index in [9.17, 15) is 14.4 Å². The third-order valence-electron chi connectivity index (χ3n) is 2.36. The van der Waals surface area contributed by atoms with Crippen molar-refractivity contribution in [1.29, 1.82) is 0 Å². The fourth-order valence-corrected chi connectivity index (χ4v) is 1.39. The highest BCUT2D eigenvalue weighted by Crippen LogP contribution is 2.10. The number of rotatable bonds is 5. The lowest BCUT2D eigenvalue weighted by Gasteiger charge is -2.13. The molecular weight excluding hydrogens is 254 g/mol. The zero-order valence-electron chi connectivity index (χ0n) is 10.1. The first kappa shape index (κ1) is 14.7. The number of methoxy groups -OCH3 is 1. The first-order valence-corrected chi connectivity index (χ1v) is 5.33. The molecule has 1 atom stereocenters. The monoisotopic (exact) mass is 267 g/mol. The molecule has 0 aromatic heterocycles. The average Bonchev–Trinajstić information content (AvgIpc) is 2.43. The third-order valence-corrected chi connectivity index (χ3v) is 2.36. The van der Waals surface area contributed by atoms with Crippen LogP contribution in [0.3, 0.4) is 0 Å². The number of aliphatic carboxylic acids is 1. The fraction of sp³-hybridized carbons (Fsp3) is 0.250. The van der Waals surface area contributed by atoms with Gasteiger partial charge in [-0.1, -0.05) is 12.1 Å². The molecule has 1 amide bonds. The van der Waals surface area contributed by atoms with Gasteiger partial charge in [-0.3, -0.25) is 4.79 Å². The molecule has 0 spiro atoms. The summed E-state index contributed by atoms with van der Waals surface area (Å²) in [5.41, 5.74) is -0.00127. The van der Waals surface area contributed by atoms with Crippen LogP contribution < -0.4 is 5.32 Å². The number of benzene rings is 1. The van der Waals surface area contributed by atoms with Gasteiger partial charge in [0.2, 0.25) is 0 Å². The summed E-state index contributed by atoms with van der Waals surface area (Å²) in [5, 5.41) is 19.7. The first-order valence-electron chi connectivity index (χ1n) is 5.33. The van der Waals surface area contributed by atoms with Crippen LogP contribution in [0.1, 0.15) is 20.7 Å². The number of esters is 1. The van der Waals surface area contributed by atoms with Crippen molar-refractivity contribution in [1.82, 2.24) is 5.32 Å². The minimum atomic E-state index is -1.43. The topological polar surface area (TPSA) is 113 Å². The quantitative estimate of drug-likeness (QED) is 0.628. The number of hydrogen-bond acceptors (Lipinski definition) is 5. The van der Waals surface area contributed by atoms with Crippen molar-refractivity contribution in [3.05, 3.63) is 35.4 Å². The number of nitrogens with one attached hydrogen (secondary N) is 1. The Morgan fingerprint density at radius 3 is 2.32 bits per heavy atom.